The lowest BCUT2D eigenvalue weighted by Crippen LogP contribution is -2.13. The van der Waals surface area contributed by atoms with Crippen molar-refractivity contribution >= 4 is 0 Å². The first kappa shape index (κ1) is 7.76. The third-order valence-corrected chi connectivity index (χ3v) is 1.88. The molecule has 0 amide bonds. The molecule has 0 spiro atoms. The SMILES string of the molecule is C=CC[C@@H]1C[C@@H](C)OC1O. The maximum atomic E-state index is 9.22. The van der Waals surface area contributed by atoms with Gasteiger partial charge in [-0.05, 0) is 19.8 Å². The molecule has 3 atom stereocenters. The van der Waals surface area contributed by atoms with Gasteiger partial charge in [0, 0.05) is 5.92 Å². The standard InChI is InChI=1S/C8H14O2/c1-3-4-7-5-6(2)10-8(7)9/h3,6-9H,1,4-5H2,2H3/t6-,7-,8?/m1/s1. The van der Waals surface area contributed by atoms with Crippen molar-refractivity contribution in [3.63, 3.8) is 0 Å². The van der Waals surface area contributed by atoms with E-state index < -0.39 is 6.29 Å². The van der Waals surface area contributed by atoms with E-state index in [9.17, 15) is 5.11 Å². The Bertz CT molecular complexity index is 122. The van der Waals surface area contributed by atoms with E-state index in [4.69, 9.17) is 4.74 Å². The third-order valence-electron chi connectivity index (χ3n) is 1.88. The smallest absolute Gasteiger partial charge is 0.158 e. The Labute approximate surface area is 61.5 Å². The summed E-state index contributed by atoms with van der Waals surface area (Å²) < 4.78 is 5.13. The van der Waals surface area contributed by atoms with Gasteiger partial charge in [0.25, 0.3) is 0 Å². The average Bonchev–Trinajstić information content (AvgIpc) is 2.13. The van der Waals surface area contributed by atoms with Gasteiger partial charge in [0.1, 0.15) is 0 Å². The number of aliphatic hydroxyl groups is 1. The summed E-state index contributed by atoms with van der Waals surface area (Å²) in [6, 6.07) is 0. The molecular weight excluding hydrogens is 128 g/mol. The molecule has 1 aliphatic rings. The van der Waals surface area contributed by atoms with E-state index in [2.05, 4.69) is 6.58 Å². The second-order valence-corrected chi connectivity index (χ2v) is 2.86. The van der Waals surface area contributed by atoms with Crippen molar-refractivity contribution in [3.05, 3.63) is 12.7 Å². The zero-order valence-corrected chi connectivity index (χ0v) is 6.29. The number of ether oxygens (including phenoxy) is 1. The van der Waals surface area contributed by atoms with Crippen molar-refractivity contribution in [2.45, 2.75) is 32.2 Å². The fourth-order valence-electron chi connectivity index (χ4n) is 1.37. The van der Waals surface area contributed by atoms with E-state index in [1.54, 1.807) is 0 Å². The zero-order valence-electron chi connectivity index (χ0n) is 6.29. The summed E-state index contributed by atoms with van der Waals surface area (Å²) in [6.07, 6.45) is 3.28. The monoisotopic (exact) mass is 142 g/mol. The summed E-state index contributed by atoms with van der Waals surface area (Å²) in [5, 5.41) is 9.22. The zero-order chi connectivity index (χ0) is 7.56. The van der Waals surface area contributed by atoms with Crippen molar-refractivity contribution in [1.82, 2.24) is 0 Å². The van der Waals surface area contributed by atoms with Gasteiger partial charge in [-0.25, -0.2) is 0 Å². The van der Waals surface area contributed by atoms with Gasteiger partial charge >= 0.3 is 0 Å². The van der Waals surface area contributed by atoms with Gasteiger partial charge < -0.3 is 9.84 Å². The largest absolute Gasteiger partial charge is 0.368 e. The molecule has 1 N–H and O–H groups in total. The molecule has 1 fully saturated rings. The number of rotatable bonds is 2. The predicted octanol–water partition coefficient (Wildman–Crippen LogP) is 1.31. The first-order valence-corrected chi connectivity index (χ1v) is 3.68. The van der Waals surface area contributed by atoms with Crippen LogP contribution in [-0.2, 0) is 4.74 Å². The van der Waals surface area contributed by atoms with Crippen LogP contribution in [0.5, 0.6) is 0 Å². The van der Waals surface area contributed by atoms with E-state index in [1.165, 1.54) is 0 Å². The summed E-state index contributed by atoms with van der Waals surface area (Å²) in [5.74, 6) is 0.271. The second-order valence-electron chi connectivity index (χ2n) is 2.86. The maximum absolute atomic E-state index is 9.22. The molecule has 0 aromatic carbocycles. The quantitative estimate of drug-likeness (QED) is 0.589. The van der Waals surface area contributed by atoms with Crippen molar-refractivity contribution < 1.29 is 9.84 Å². The van der Waals surface area contributed by atoms with Gasteiger partial charge in [0.05, 0.1) is 6.10 Å². The molecule has 0 radical (unpaired) electrons. The Kier molecular flexibility index (Phi) is 2.46. The van der Waals surface area contributed by atoms with Crippen LogP contribution in [0.15, 0.2) is 12.7 Å². The minimum absolute atomic E-state index is 0.208. The summed E-state index contributed by atoms with van der Waals surface area (Å²) in [5.41, 5.74) is 0. The van der Waals surface area contributed by atoms with Gasteiger partial charge in [-0.3, -0.25) is 0 Å². The Morgan fingerprint density at radius 3 is 2.90 bits per heavy atom. The molecule has 1 rings (SSSR count). The van der Waals surface area contributed by atoms with E-state index in [0.717, 1.165) is 12.8 Å². The third kappa shape index (κ3) is 1.58. The van der Waals surface area contributed by atoms with Crippen molar-refractivity contribution in [3.8, 4) is 0 Å². The Hall–Kier alpha value is -0.340. The number of hydrogen-bond donors (Lipinski definition) is 1. The summed E-state index contributed by atoms with van der Waals surface area (Å²) in [4.78, 5) is 0. The molecule has 1 unspecified atom stereocenters. The Morgan fingerprint density at radius 2 is 2.50 bits per heavy atom. The number of aliphatic hydroxyl groups excluding tert-OH is 1. The van der Waals surface area contributed by atoms with E-state index in [1.807, 2.05) is 13.0 Å². The lowest BCUT2D eigenvalue weighted by molar-refractivity contribution is -0.103. The molecule has 1 heterocycles. The highest BCUT2D eigenvalue weighted by Gasteiger charge is 2.29. The highest BCUT2D eigenvalue weighted by Crippen LogP contribution is 2.27. The molecule has 1 aliphatic heterocycles. The summed E-state index contributed by atoms with van der Waals surface area (Å²) in [6.45, 7) is 5.60. The fourth-order valence-corrected chi connectivity index (χ4v) is 1.37. The average molecular weight is 142 g/mol. The molecule has 0 saturated carbocycles. The molecule has 2 heteroatoms. The van der Waals surface area contributed by atoms with Gasteiger partial charge in [-0.2, -0.15) is 0 Å². The molecule has 0 aromatic heterocycles. The van der Waals surface area contributed by atoms with Gasteiger partial charge in [0.15, 0.2) is 6.29 Å². The Balaban J connectivity index is 2.38. The molecule has 1 saturated heterocycles. The van der Waals surface area contributed by atoms with Crippen LogP contribution in [0.3, 0.4) is 0 Å². The second kappa shape index (κ2) is 3.17. The van der Waals surface area contributed by atoms with E-state index in [0.29, 0.717) is 0 Å². The van der Waals surface area contributed by atoms with E-state index in [-0.39, 0.29) is 12.0 Å². The predicted molar refractivity (Wildman–Crippen MR) is 39.5 cm³/mol. The van der Waals surface area contributed by atoms with Crippen LogP contribution in [-0.4, -0.2) is 17.5 Å². The van der Waals surface area contributed by atoms with Crippen LogP contribution in [0.25, 0.3) is 0 Å². The first-order valence-electron chi connectivity index (χ1n) is 3.68. The maximum Gasteiger partial charge on any atom is 0.158 e. The van der Waals surface area contributed by atoms with Gasteiger partial charge in [0.2, 0.25) is 0 Å². The summed E-state index contributed by atoms with van der Waals surface area (Å²) >= 11 is 0. The van der Waals surface area contributed by atoms with Crippen LogP contribution in [0.1, 0.15) is 19.8 Å². The highest BCUT2D eigenvalue weighted by atomic mass is 16.6. The fraction of sp³-hybridized carbons (Fsp3) is 0.750. The van der Waals surface area contributed by atoms with Crippen molar-refractivity contribution in [2.24, 2.45) is 5.92 Å². The van der Waals surface area contributed by atoms with Crippen molar-refractivity contribution in [2.75, 3.05) is 0 Å². The Morgan fingerprint density at radius 1 is 1.80 bits per heavy atom. The molecule has 2 nitrogen and oxygen atoms in total. The number of allylic oxidation sites excluding steroid dienone is 1. The van der Waals surface area contributed by atoms with Crippen LogP contribution < -0.4 is 0 Å². The van der Waals surface area contributed by atoms with Gasteiger partial charge in [-0.15, -0.1) is 6.58 Å². The molecule has 0 bridgehead atoms. The van der Waals surface area contributed by atoms with Crippen LogP contribution in [0.2, 0.25) is 0 Å². The lowest BCUT2D eigenvalue weighted by Gasteiger charge is -2.08. The highest BCUT2D eigenvalue weighted by molar-refractivity contribution is 4.80. The lowest BCUT2D eigenvalue weighted by atomic mass is 10.0. The summed E-state index contributed by atoms with van der Waals surface area (Å²) in [7, 11) is 0. The van der Waals surface area contributed by atoms with Crippen molar-refractivity contribution in [1.29, 1.82) is 0 Å². The van der Waals surface area contributed by atoms with Crippen LogP contribution >= 0.6 is 0 Å². The molecule has 0 aromatic rings. The van der Waals surface area contributed by atoms with E-state index >= 15 is 0 Å². The van der Waals surface area contributed by atoms with Gasteiger partial charge in [-0.1, -0.05) is 6.08 Å². The molecular formula is C8H14O2. The topological polar surface area (TPSA) is 29.5 Å². The van der Waals surface area contributed by atoms with Crippen LogP contribution in [0, 0.1) is 5.92 Å². The normalized spacial score (nSPS) is 40.0. The first-order chi connectivity index (χ1) is 4.74. The molecule has 10 heavy (non-hydrogen) atoms. The number of hydrogen-bond acceptors (Lipinski definition) is 2. The molecule has 0 aliphatic carbocycles. The minimum Gasteiger partial charge on any atom is -0.368 e. The van der Waals surface area contributed by atoms with Crippen LogP contribution in [0.4, 0.5) is 0 Å². The molecule has 58 valence electrons. The minimum atomic E-state index is -0.562.